The van der Waals surface area contributed by atoms with Gasteiger partial charge in [0.25, 0.3) is 0 Å². The van der Waals surface area contributed by atoms with Gasteiger partial charge in [-0.25, -0.2) is 0 Å². The number of rotatable bonds is 6. The van der Waals surface area contributed by atoms with Gasteiger partial charge in [0.2, 0.25) is 16.6 Å². The van der Waals surface area contributed by atoms with Crippen molar-refractivity contribution in [2.45, 2.75) is 6.54 Å². The van der Waals surface area contributed by atoms with Crippen molar-refractivity contribution in [2.75, 3.05) is 12.4 Å². The van der Waals surface area contributed by atoms with E-state index >= 15 is 0 Å². The van der Waals surface area contributed by atoms with Crippen LogP contribution in [0.15, 0.2) is 64.2 Å². The van der Waals surface area contributed by atoms with E-state index in [1.807, 2.05) is 30.3 Å². The van der Waals surface area contributed by atoms with Crippen molar-refractivity contribution in [1.82, 2.24) is 0 Å². The van der Waals surface area contributed by atoms with Crippen LogP contribution < -0.4 is 20.9 Å². The van der Waals surface area contributed by atoms with Gasteiger partial charge in [-0.05, 0) is 17.7 Å². The van der Waals surface area contributed by atoms with E-state index in [0.29, 0.717) is 12.3 Å². The van der Waals surface area contributed by atoms with Crippen LogP contribution in [0, 0.1) is 0 Å². The Bertz CT molecular complexity index is 953. The van der Waals surface area contributed by atoms with E-state index in [2.05, 4.69) is 5.32 Å². The summed E-state index contributed by atoms with van der Waals surface area (Å²) in [6.45, 7) is 0.359. The van der Waals surface area contributed by atoms with Crippen molar-refractivity contribution in [1.29, 1.82) is 0 Å². The molecule has 0 aliphatic carbocycles. The minimum atomic E-state index is -0.763. The van der Waals surface area contributed by atoms with Crippen LogP contribution in [0.4, 0.5) is 5.69 Å². The summed E-state index contributed by atoms with van der Waals surface area (Å²) < 4.78 is 5.15. The molecule has 3 aromatic rings. The molecule has 0 amide bonds. The third-order valence-electron chi connectivity index (χ3n) is 3.80. The van der Waals surface area contributed by atoms with Crippen molar-refractivity contribution in [3.63, 3.8) is 0 Å². The topological polar surface area (TPSA) is 72.5 Å². The maximum Gasteiger partial charge on any atom is 0.250 e. The minimum Gasteiger partial charge on any atom is -0.496 e. The van der Waals surface area contributed by atoms with Crippen LogP contribution in [0.1, 0.15) is 21.5 Å². The Hall–Kier alpha value is -3.21. The van der Waals surface area contributed by atoms with Crippen LogP contribution in [0.5, 0.6) is 5.75 Å². The molecule has 0 heterocycles. The Morgan fingerprint density at radius 3 is 2.33 bits per heavy atom. The lowest BCUT2D eigenvalue weighted by atomic mass is 9.96. The zero-order valence-corrected chi connectivity index (χ0v) is 13.0. The van der Waals surface area contributed by atoms with Gasteiger partial charge in [0.1, 0.15) is 17.0 Å². The highest BCUT2D eigenvalue weighted by atomic mass is 16.5. The number of anilines is 1. The van der Waals surface area contributed by atoms with Crippen molar-refractivity contribution in [3.8, 4) is 5.75 Å². The van der Waals surface area contributed by atoms with Gasteiger partial charge in [-0.3, -0.25) is 14.4 Å². The van der Waals surface area contributed by atoms with Gasteiger partial charge in [-0.2, -0.15) is 0 Å². The fraction of sp³-hybridized carbons (Fsp3) is 0.105. The van der Waals surface area contributed by atoms with Gasteiger partial charge in [-0.1, -0.05) is 42.5 Å². The zero-order chi connectivity index (χ0) is 17.1. The molecule has 0 saturated carbocycles. The first-order valence-electron chi connectivity index (χ1n) is 7.42. The lowest BCUT2D eigenvalue weighted by molar-refractivity contribution is 0.103. The molecule has 0 aliphatic heterocycles. The largest absolute Gasteiger partial charge is 0.496 e. The maximum absolute atomic E-state index is 12.6. The van der Waals surface area contributed by atoms with Gasteiger partial charge in [0.05, 0.1) is 12.7 Å². The molecule has 0 bridgehead atoms. The molecule has 0 unspecified atom stereocenters. The van der Waals surface area contributed by atoms with Crippen LogP contribution in [0.2, 0.25) is 0 Å². The van der Waals surface area contributed by atoms with E-state index in [4.69, 9.17) is 4.74 Å². The summed E-state index contributed by atoms with van der Waals surface area (Å²) in [4.78, 5) is 36.4. The molecule has 0 atom stereocenters. The lowest BCUT2D eigenvalue weighted by Gasteiger charge is -2.14. The van der Waals surface area contributed by atoms with E-state index in [-0.39, 0.29) is 16.8 Å². The Kier molecular flexibility index (Phi) is 4.24. The smallest absolute Gasteiger partial charge is 0.250 e. The number of carbonyl (C=O) groups is 1. The van der Waals surface area contributed by atoms with Gasteiger partial charge >= 0.3 is 0 Å². The number of methoxy groups -OCH3 is 1. The summed E-state index contributed by atoms with van der Waals surface area (Å²) in [5, 5.41) is 2.90. The third-order valence-corrected chi connectivity index (χ3v) is 3.80. The van der Waals surface area contributed by atoms with Crippen LogP contribution in [-0.4, -0.2) is 12.9 Å². The normalized spacial score (nSPS) is 10.5. The highest BCUT2D eigenvalue weighted by Gasteiger charge is 2.28. The Labute approximate surface area is 138 Å². The van der Waals surface area contributed by atoms with Crippen molar-refractivity contribution >= 4 is 11.5 Å². The first-order chi connectivity index (χ1) is 11.6. The van der Waals surface area contributed by atoms with Crippen LogP contribution >= 0.6 is 0 Å². The average molecular weight is 321 g/mol. The molecule has 24 heavy (non-hydrogen) atoms. The van der Waals surface area contributed by atoms with E-state index in [1.54, 1.807) is 24.3 Å². The number of ether oxygens (including phenoxy) is 1. The van der Waals surface area contributed by atoms with Crippen molar-refractivity contribution in [2.24, 2.45) is 0 Å². The number of ketones is 1. The van der Waals surface area contributed by atoms with Gasteiger partial charge in [-0.15, -0.1) is 0 Å². The number of benzene rings is 2. The maximum atomic E-state index is 12.6. The number of carbonyl (C=O) groups excluding carboxylic acids is 1. The summed E-state index contributed by atoms with van der Waals surface area (Å²) in [6, 6.07) is 16.0. The summed E-state index contributed by atoms with van der Waals surface area (Å²) in [7, 11) is 1.45. The van der Waals surface area contributed by atoms with Gasteiger partial charge in [0.15, 0.2) is 0 Å². The molecule has 120 valence electrons. The van der Waals surface area contributed by atoms with E-state index in [9.17, 15) is 14.4 Å². The van der Waals surface area contributed by atoms with E-state index < -0.39 is 16.6 Å². The Balaban J connectivity index is 1.90. The molecule has 0 saturated heterocycles. The van der Waals surface area contributed by atoms with Crippen LogP contribution in [0.3, 0.4) is 0 Å². The van der Waals surface area contributed by atoms with Crippen molar-refractivity contribution < 1.29 is 9.53 Å². The lowest BCUT2D eigenvalue weighted by Crippen LogP contribution is -2.41. The molecule has 5 nitrogen and oxygen atoms in total. The van der Waals surface area contributed by atoms with Crippen molar-refractivity contribution in [3.05, 3.63) is 91.7 Å². The fourth-order valence-corrected chi connectivity index (χ4v) is 2.53. The van der Waals surface area contributed by atoms with Gasteiger partial charge < -0.3 is 10.1 Å². The second kappa shape index (κ2) is 6.50. The fourth-order valence-electron chi connectivity index (χ4n) is 2.53. The second-order valence-corrected chi connectivity index (χ2v) is 5.28. The first kappa shape index (κ1) is 15.7. The molecule has 0 fully saturated rings. The highest BCUT2D eigenvalue weighted by molar-refractivity contribution is 6.14. The number of hydrogen-bond acceptors (Lipinski definition) is 5. The molecular weight excluding hydrogens is 306 g/mol. The SMILES string of the molecule is COc1ccccc1C(=O)c1c(NCc2ccccc2)c(=O)c1=O. The van der Waals surface area contributed by atoms with E-state index in [1.165, 1.54) is 7.11 Å². The third kappa shape index (κ3) is 2.72. The molecule has 5 heteroatoms. The zero-order valence-electron chi connectivity index (χ0n) is 13.0. The predicted molar refractivity (Wildman–Crippen MR) is 91.5 cm³/mol. The summed E-state index contributed by atoms with van der Waals surface area (Å²) in [6.07, 6.45) is 0. The highest BCUT2D eigenvalue weighted by Crippen LogP contribution is 2.23. The first-order valence-corrected chi connectivity index (χ1v) is 7.42. The minimum absolute atomic E-state index is 0.0692. The Morgan fingerprint density at radius 2 is 1.62 bits per heavy atom. The van der Waals surface area contributed by atoms with Crippen LogP contribution in [-0.2, 0) is 6.54 Å². The monoisotopic (exact) mass is 321 g/mol. The molecule has 1 N–H and O–H groups in total. The van der Waals surface area contributed by atoms with Gasteiger partial charge in [0, 0.05) is 6.54 Å². The molecule has 0 radical (unpaired) electrons. The second-order valence-electron chi connectivity index (χ2n) is 5.28. The van der Waals surface area contributed by atoms with E-state index in [0.717, 1.165) is 5.56 Å². The molecule has 0 aliphatic rings. The Morgan fingerprint density at radius 1 is 0.958 bits per heavy atom. The van der Waals surface area contributed by atoms with Crippen LogP contribution in [0.25, 0.3) is 0 Å². The molecule has 3 rings (SSSR count). The summed E-state index contributed by atoms with van der Waals surface area (Å²) >= 11 is 0. The number of hydrogen-bond donors (Lipinski definition) is 1. The average Bonchev–Trinajstić information content (AvgIpc) is 2.64. The predicted octanol–water partition coefficient (Wildman–Crippen LogP) is 2.13. The quantitative estimate of drug-likeness (QED) is 0.556. The summed E-state index contributed by atoms with van der Waals surface area (Å²) in [5.41, 5.74) is -0.262. The standard InChI is InChI=1S/C19H15NO4/c1-24-14-10-6-5-9-13(14)17(21)15-16(19(23)18(15)22)20-11-12-7-3-2-4-8-12/h2-10,20H,11H2,1H3. The molecular formula is C19H15NO4. The molecule has 0 aromatic heterocycles. The molecule has 0 spiro atoms. The number of nitrogens with one attached hydrogen (secondary N) is 1. The molecule has 3 aromatic carbocycles. The number of para-hydroxylation sites is 1. The summed E-state index contributed by atoms with van der Waals surface area (Å²) in [5.74, 6) is -0.142.